The minimum absolute atomic E-state index is 0.200. The molecule has 2 aromatic heterocycles. The van der Waals surface area contributed by atoms with Crippen LogP contribution in [-0.4, -0.2) is 26.2 Å². The van der Waals surface area contributed by atoms with Crippen LogP contribution < -0.4 is 0 Å². The monoisotopic (exact) mass is 402 g/mol. The zero-order valence-electron chi connectivity index (χ0n) is 14.3. The van der Waals surface area contributed by atoms with Gasteiger partial charge in [-0.05, 0) is 36.8 Å². The standard InChI is InChI=1S/C19H20BrFN4/c1-4-7-25(12-15-9-16(20)5-6-18(15)21)11-14-8-17-13(2)23-24(3)19(17)22-10-14/h4-6,8-10H,1,7,11-12H2,2-3H3. The van der Waals surface area contributed by atoms with Crippen LogP contribution >= 0.6 is 15.9 Å². The predicted molar refractivity (Wildman–Crippen MR) is 102 cm³/mol. The first-order valence-electron chi connectivity index (χ1n) is 8.03. The highest BCUT2D eigenvalue weighted by molar-refractivity contribution is 9.10. The molecule has 2 heterocycles. The molecule has 0 N–H and O–H groups in total. The summed E-state index contributed by atoms with van der Waals surface area (Å²) in [5.74, 6) is -0.200. The van der Waals surface area contributed by atoms with E-state index < -0.39 is 0 Å². The van der Waals surface area contributed by atoms with Gasteiger partial charge in [-0.25, -0.2) is 9.37 Å². The summed E-state index contributed by atoms with van der Waals surface area (Å²) < 4.78 is 16.7. The van der Waals surface area contributed by atoms with E-state index in [0.717, 1.165) is 26.8 Å². The number of rotatable bonds is 6. The van der Waals surface area contributed by atoms with Crippen LogP contribution in [0.25, 0.3) is 11.0 Å². The van der Waals surface area contributed by atoms with E-state index >= 15 is 0 Å². The molecule has 0 radical (unpaired) electrons. The first-order chi connectivity index (χ1) is 12.0. The highest BCUT2D eigenvalue weighted by Crippen LogP contribution is 2.20. The molecule has 0 saturated heterocycles. The third kappa shape index (κ3) is 3.96. The molecule has 0 atom stereocenters. The number of fused-ring (bicyclic) bond motifs is 1. The Kier molecular flexibility index (Phi) is 5.30. The van der Waals surface area contributed by atoms with E-state index in [9.17, 15) is 4.39 Å². The average molecular weight is 403 g/mol. The molecule has 0 spiro atoms. The topological polar surface area (TPSA) is 34.0 Å². The average Bonchev–Trinajstić information content (AvgIpc) is 2.85. The maximum absolute atomic E-state index is 14.1. The van der Waals surface area contributed by atoms with Gasteiger partial charge in [-0.15, -0.1) is 6.58 Å². The van der Waals surface area contributed by atoms with Gasteiger partial charge < -0.3 is 0 Å². The largest absolute Gasteiger partial charge is 0.291 e. The van der Waals surface area contributed by atoms with Gasteiger partial charge in [-0.1, -0.05) is 22.0 Å². The molecular formula is C19H20BrFN4. The third-order valence-corrected chi connectivity index (χ3v) is 4.61. The maximum Gasteiger partial charge on any atom is 0.157 e. The Labute approximate surface area is 155 Å². The smallest absolute Gasteiger partial charge is 0.157 e. The molecule has 1 aromatic carbocycles. The Morgan fingerprint density at radius 3 is 2.88 bits per heavy atom. The van der Waals surface area contributed by atoms with E-state index in [4.69, 9.17) is 0 Å². The Hall–Kier alpha value is -2.05. The summed E-state index contributed by atoms with van der Waals surface area (Å²) in [6.45, 7) is 7.62. The highest BCUT2D eigenvalue weighted by atomic mass is 79.9. The molecule has 0 unspecified atom stereocenters. The summed E-state index contributed by atoms with van der Waals surface area (Å²) in [5.41, 5.74) is 3.55. The second-order valence-corrected chi connectivity index (χ2v) is 7.03. The summed E-state index contributed by atoms with van der Waals surface area (Å²) >= 11 is 3.40. The fraction of sp³-hybridized carbons (Fsp3) is 0.263. The fourth-order valence-electron chi connectivity index (χ4n) is 2.97. The van der Waals surface area contributed by atoms with Gasteiger partial charge >= 0.3 is 0 Å². The lowest BCUT2D eigenvalue weighted by Crippen LogP contribution is -2.23. The molecule has 0 aliphatic carbocycles. The van der Waals surface area contributed by atoms with Crippen molar-refractivity contribution in [3.05, 3.63) is 70.2 Å². The molecule has 25 heavy (non-hydrogen) atoms. The van der Waals surface area contributed by atoms with Crippen molar-refractivity contribution in [2.24, 2.45) is 7.05 Å². The Morgan fingerprint density at radius 2 is 2.12 bits per heavy atom. The number of aromatic nitrogens is 3. The SMILES string of the molecule is C=CCN(Cc1cnc2c(c1)c(C)nn2C)Cc1cc(Br)ccc1F. The van der Waals surface area contributed by atoms with Crippen molar-refractivity contribution in [2.75, 3.05) is 6.54 Å². The summed E-state index contributed by atoms with van der Waals surface area (Å²) in [7, 11) is 1.89. The van der Waals surface area contributed by atoms with E-state index in [0.29, 0.717) is 25.2 Å². The lowest BCUT2D eigenvalue weighted by atomic mass is 10.1. The zero-order chi connectivity index (χ0) is 18.0. The highest BCUT2D eigenvalue weighted by Gasteiger charge is 2.12. The number of nitrogens with zero attached hydrogens (tertiary/aromatic N) is 4. The molecular weight excluding hydrogens is 383 g/mol. The van der Waals surface area contributed by atoms with Crippen molar-refractivity contribution in [2.45, 2.75) is 20.0 Å². The van der Waals surface area contributed by atoms with E-state index in [1.54, 1.807) is 10.7 Å². The van der Waals surface area contributed by atoms with E-state index in [2.05, 4.69) is 43.6 Å². The lowest BCUT2D eigenvalue weighted by molar-refractivity contribution is 0.281. The van der Waals surface area contributed by atoms with Crippen LogP contribution in [-0.2, 0) is 20.1 Å². The van der Waals surface area contributed by atoms with Gasteiger partial charge in [0.15, 0.2) is 5.65 Å². The molecule has 0 saturated carbocycles. The van der Waals surface area contributed by atoms with Crippen LogP contribution in [0.15, 0.2) is 47.6 Å². The van der Waals surface area contributed by atoms with Gasteiger partial charge in [0.1, 0.15) is 5.82 Å². The number of halogens is 2. The van der Waals surface area contributed by atoms with Crippen molar-refractivity contribution in [3.63, 3.8) is 0 Å². The van der Waals surface area contributed by atoms with Crippen LogP contribution in [0.3, 0.4) is 0 Å². The third-order valence-electron chi connectivity index (χ3n) is 4.11. The van der Waals surface area contributed by atoms with Gasteiger partial charge in [-0.3, -0.25) is 9.58 Å². The van der Waals surface area contributed by atoms with Gasteiger partial charge in [-0.2, -0.15) is 5.10 Å². The molecule has 3 aromatic rings. The van der Waals surface area contributed by atoms with E-state index in [1.807, 2.05) is 32.3 Å². The first-order valence-corrected chi connectivity index (χ1v) is 8.82. The van der Waals surface area contributed by atoms with Crippen molar-refractivity contribution in [3.8, 4) is 0 Å². The number of hydrogen-bond donors (Lipinski definition) is 0. The second-order valence-electron chi connectivity index (χ2n) is 6.12. The molecule has 6 heteroatoms. The van der Waals surface area contributed by atoms with Crippen molar-refractivity contribution < 1.29 is 4.39 Å². The maximum atomic E-state index is 14.1. The summed E-state index contributed by atoms with van der Waals surface area (Å²) in [5, 5.41) is 5.45. The molecule has 3 rings (SSSR count). The summed E-state index contributed by atoms with van der Waals surface area (Å²) in [6, 6.07) is 7.12. The minimum atomic E-state index is -0.200. The summed E-state index contributed by atoms with van der Waals surface area (Å²) in [6.07, 6.45) is 3.69. The molecule has 0 amide bonds. The van der Waals surface area contributed by atoms with Crippen LogP contribution in [0.2, 0.25) is 0 Å². The Bertz CT molecular complexity index is 919. The Balaban J connectivity index is 1.85. The van der Waals surface area contributed by atoms with E-state index in [-0.39, 0.29) is 5.82 Å². The normalized spacial score (nSPS) is 11.4. The first kappa shape index (κ1) is 17.8. The second kappa shape index (κ2) is 7.45. The van der Waals surface area contributed by atoms with Gasteiger partial charge in [0, 0.05) is 48.3 Å². The van der Waals surface area contributed by atoms with Gasteiger partial charge in [0.25, 0.3) is 0 Å². The molecule has 130 valence electrons. The number of pyridine rings is 1. The van der Waals surface area contributed by atoms with Gasteiger partial charge in [0.2, 0.25) is 0 Å². The molecule has 0 bridgehead atoms. The Morgan fingerprint density at radius 1 is 1.32 bits per heavy atom. The molecule has 4 nitrogen and oxygen atoms in total. The fourth-order valence-corrected chi connectivity index (χ4v) is 3.38. The van der Waals surface area contributed by atoms with Crippen molar-refractivity contribution in [1.29, 1.82) is 0 Å². The van der Waals surface area contributed by atoms with Crippen LogP contribution in [0, 0.1) is 12.7 Å². The van der Waals surface area contributed by atoms with E-state index in [1.165, 1.54) is 6.07 Å². The zero-order valence-corrected chi connectivity index (χ0v) is 15.9. The molecule has 0 aliphatic rings. The van der Waals surface area contributed by atoms with Crippen LogP contribution in [0.4, 0.5) is 4.39 Å². The van der Waals surface area contributed by atoms with Gasteiger partial charge in [0.05, 0.1) is 5.69 Å². The number of aryl methyl sites for hydroxylation is 2. The van der Waals surface area contributed by atoms with Crippen LogP contribution in [0.1, 0.15) is 16.8 Å². The van der Waals surface area contributed by atoms with Crippen molar-refractivity contribution in [1.82, 2.24) is 19.7 Å². The predicted octanol–water partition coefficient (Wildman–Crippen LogP) is 4.37. The molecule has 0 aliphatic heterocycles. The van der Waals surface area contributed by atoms with Crippen molar-refractivity contribution >= 4 is 27.0 Å². The quantitative estimate of drug-likeness (QED) is 0.574. The lowest BCUT2D eigenvalue weighted by Gasteiger charge is -2.21. The van der Waals surface area contributed by atoms with Crippen LogP contribution in [0.5, 0.6) is 0 Å². The minimum Gasteiger partial charge on any atom is -0.291 e. The number of benzene rings is 1. The summed E-state index contributed by atoms with van der Waals surface area (Å²) in [4.78, 5) is 6.65. The number of hydrogen-bond acceptors (Lipinski definition) is 3. The molecule has 0 fully saturated rings.